The van der Waals surface area contributed by atoms with E-state index in [9.17, 15) is 17.9 Å². The van der Waals surface area contributed by atoms with Crippen LogP contribution in [0, 0.1) is 24.6 Å². The number of aryl methyl sites for hydroxylation is 1. The van der Waals surface area contributed by atoms with Crippen molar-refractivity contribution in [1.82, 2.24) is 14.4 Å². The van der Waals surface area contributed by atoms with Gasteiger partial charge in [0.2, 0.25) is 5.89 Å². The van der Waals surface area contributed by atoms with Gasteiger partial charge in [-0.05, 0) is 55.8 Å². The Morgan fingerprint density at radius 1 is 1.24 bits per heavy atom. The fourth-order valence-electron chi connectivity index (χ4n) is 4.25. The number of aliphatic carboxylic acids is 1. The van der Waals surface area contributed by atoms with Crippen molar-refractivity contribution < 1.29 is 27.5 Å². The van der Waals surface area contributed by atoms with E-state index in [1.165, 1.54) is 18.5 Å². The topological polar surface area (TPSA) is 113 Å². The highest BCUT2D eigenvalue weighted by atomic mass is 32.2. The van der Waals surface area contributed by atoms with Gasteiger partial charge in [0.05, 0.1) is 18.2 Å². The number of oxazole rings is 1. The molecule has 2 unspecified atom stereocenters. The third-order valence-corrected chi connectivity index (χ3v) is 6.98. The van der Waals surface area contributed by atoms with E-state index in [-0.39, 0.29) is 12.0 Å². The number of hydrogen-bond acceptors (Lipinski definition) is 7. The summed E-state index contributed by atoms with van der Waals surface area (Å²) in [6, 6.07) is 9.91. The van der Waals surface area contributed by atoms with Crippen LogP contribution in [0.4, 0.5) is 10.1 Å². The minimum absolute atomic E-state index is 0.247. The number of piperazine rings is 1. The molecule has 2 aromatic carbocycles. The minimum Gasteiger partial charge on any atom is -0.759 e. The average Bonchev–Trinajstić information content (AvgIpc) is 3.38. The Kier molecular flexibility index (Phi) is 8.35. The highest BCUT2D eigenvalue weighted by Crippen LogP contribution is 2.25. The molecular formula is C26H26FN4O5S-. The molecule has 9 nitrogen and oxygen atoms in total. The van der Waals surface area contributed by atoms with Crippen molar-refractivity contribution in [2.24, 2.45) is 0 Å². The summed E-state index contributed by atoms with van der Waals surface area (Å²) < 4.78 is 44.4. The highest BCUT2D eigenvalue weighted by Gasteiger charge is 2.28. The lowest BCUT2D eigenvalue weighted by atomic mass is 10.0. The molecule has 194 valence electrons. The second-order valence-electron chi connectivity index (χ2n) is 8.69. The number of carbonyl (C=O) groups is 1. The van der Waals surface area contributed by atoms with Crippen molar-refractivity contribution in [2.45, 2.75) is 26.3 Å². The number of hydrogen-bond donors (Lipinski definition) is 1. The monoisotopic (exact) mass is 525 g/mol. The number of aromatic nitrogens is 1. The van der Waals surface area contributed by atoms with Gasteiger partial charge < -0.3 is 19.0 Å². The lowest BCUT2D eigenvalue weighted by Gasteiger charge is -2.44. The number of anilines is 1. The Balaban J connectivity index is 1.42. The van der Waals surface area contributed by atoms with E-state index < -0.39 is 29.1 Å². The van der Waals surface area contributed by atoms with Crippen molar-refractivity contribution in [3.8, 4) is 23.3 Å². The van der Waals surface area contributed by atoms with E-state index >= 15 is 0 Å². The maximum Gasteiger partial charge on any atom is 0.305 e. The van der Waals surface area contributed by atoms with Crippen molar-refractivity contribution >= 4 is 22.9 Å². The van der Waals surface area contributed by atoms with Gasteiger partial charge in [-0.1, -0.05) is 11.8 Å². The fraction of sp³-hybridized carbons (Fsp3) is 0.308. The summed E-state index contributed by atoms with van der Waals surface area (Å²) in [6.45, 7) is 5.35. The van der Waals surface area contributed by atoms with Gasteiger partial charge in [0.1, 0.15) is 12.1 Å². The number of hydrazine groups is 1. The molecule has 11 heteroatoms. The third kappa shape index (κ3) is 6.42. The SMILES string of the molecule is Cc1cc(F)c(C#Cc2ccc(N3CCN(N(C(C)CC(=O)O)S(=O)[O-])CC3)cc2)cc1-c1ncco1. The molecule has 1 N–H and O–H groups in total. The highest BCUT2D eigenvalue weighted by molar-refractivity contribution is 7.76. The molecule has 0 bridgehead atoms. The smallest absolute Gasteiger partial charge is 0.305 e. The Labute approximate surface area is 216 Å². The Bertz CT molecular complexity index is 1330. The van der Waals surface area contributed by atoms with Crippen molar-refractivity contribution in [3.63, 3.8) is 0 Å². The molecule has 1 aromatic heterocycles. The van der Waals surface area contributed by atoms with E-state index in [0.29, 0.717) is 43.2 Å². The predicted octanol–water partition coefficient (Wildman–Crippen LogP) is 3.19. The van der Waals surface area contributed by atoms with Crippen LogP contribution in [0.25, 0.3) is 11.5 Å². The summed E-state index contributed by atoms with van der Waals surface area (Å²) in [5, 5.41) is 10.7. The van der Waals surface area contributed by atoms with E-state index in [1.807, 2.05) is 24.3 Å². The van der Waals surface area contributed by atoms with Crippen LogP contribution in [0.15, 0.2) is 53.3 Å². The van der Waals surface area contributed by atoms with Crippen molar-refractivity contribution in [2.75, 3.05) is 31.1 Å². The lowest BCUT2D eigenvalue weighted by molar-refractivity contribution is -0.139. The van der Waals surface area contributed by atoms with Gasteiger partial charge in [-0.3, -0.25) is 9.00 Å². The van der Waals surface area contributed by atoms with Crippen LogP contribution in [-0.4, -0.2) is 66.5 Å². The first-order chi connectivity index (χ1) is 17.7. The van der Waals surface area contributed by atoms with Crippen LogP contribution in [0.1, 0.15) is 30.0 Å². The number of carboxylic acids is 1. The van der Waals surface area contributed by atoms with Crippen molar-refractivity contribution in [3.05, 3.63) is 71.4 Å². The van der Waals surface area contributed by atoms with E-state index in [0.717, 1.165) is 15.7 Å². The number of nitrogens with zero attached hydrogens (tertiary/aromatic N) is 4. The van der Waals surface area contributed by atoms with Gasteiger partial charge in [-0.15, -0.1) is 0 Å². The van der Waals surface area contributed by atoms with Gasteiger partial charge in [0.25, 0.3) is 0 Å². The zero-order chi connectivity index (χ0) is 26.5. The second-order valence-corrected chi connectivity index (χ2v) is 9.50. The maximum atomic E-state index is 14.5. The van der Waals surface area contributed by atoms with Crippen LogP contribution in [-0.2, 0) is 16.1 Å². The third-order valence-electron chi connectivity index (χ3n) is 6.09. The number of halogens is 1. The molecular weight excluding hydrogens is 499 g/mol. The first kappa shape index (κ1) is 26.5. The van der Waals surface area contributed by atoms with Crippen molar-refractivity contribution in [1.29, 1.82) is 0 Å². The first-order valence-electron chi connectivity index (χ1n) is 11.6. The van der Waals surface area contributed by atoms with E-state index in [1.54, 1.807) is 24.9 Å². The van der Waals surface area contributed by atoms with Gasteiger partial charge in [0.15, 0.2) is 0 Å². The largest absolute Gasteiger partial charge is 0.759 e. The first-order valence-corrected chi connectivity index (χ1v) is 12.7. The molecule has 3 aromatic rings. The fourth-order valence-corrected chi connectivity index (χ4v) is 4.97. The maximum absolute atomic E-state index is 14.5. The number of benzene rings is 2. The van der Waals surface area contributed by atoms with Crippen LogP contribution < -0.4 is 4.90 Å². The Morgan fingerprint density at radius 3 is 2.54 bits per heavy atom. The minimum atomic E-state index is -2.56. The van der Waals surface area contributed by atoms with Crippen LogP contribution in [0.5, 0.6) is 0 Å². The molecule has 1 saturated heterocycles. The molecule has 2 atom stereocenters. The standard InChI is InChI=1S/C26H27FN4O5S/c1-18-15-24(27)21(17-23(18)26-28-9-14-36-26)6-3-20-4-7-22(8-5-20)29-10-12-30(13-11-29)31(37(34)35)19(2)16-25(32)33/h4-5,7-9,14-15,17,19H,10-13,16H2,1-2H3,(H,32,33)(H,34,35)/p-1. The summed E-state index contributed by atoms with van der Waals surface area (Å²) >= 11 is -2.56. The molecule has 1 fully saturated rings. The summed E-state index contributed by atoms with van der Waals surface area (Å²) in [5.41, 5.74) is 3.30. The van der Waals surface area contributed by atoms with Crippen LogP contribution in [0.3, 0.4) is 0 Å². The molecule has 37 heavy (non-hydrogen) atoms. The molecule has 0 radical (unpaired) electrons. The quantitative estimate of drug-likeness (QED) is 0.370. The Morgan fingerprint density at radius 2 is 1.95 bits per heavy atom. The predicted molar refractivity (Wildman–Crippen MR) is 135 cm³/mol. The zero-order valence-electron chi connectivity index (χ0n) is 20.4. The van der Waals surface area contributed by atoms with Gasteiger partial charge in [0, 0.05) is 60.3 Å². The normalized spacial score (nSPS) is 15.8. The lowest BCUT2D eigenvalue weighted by Crippen LogP contribution is -2.57. The summed E-state index contributed by atoms with van der Waals surface area (Å²) in [5.74, 6) is 4.83. The molecule has 0 amide bonds. The van der Waals surface area contributed by atoms with Gasteiger partial charge in [-0.2, -0.15) is 4.41 Å². The summed E-state index contributed by atoms with van der Waals surface area (Å²) in [4.78, 5) is 17.3. The number of rotatable bonds is 7. The van der Waals surface area contributed by atoms with Crippen LogP contribution >= 0.6 is 0 Å². The van der Waals surface area contributed by atoms with Gasteiger partial charge >= 0.3 is 5.97 Å². The molecule has 2 heterocycles. The molecule has 0 aliphatic carbocycles. The number of carboxylic acid groups (broad SMARTS) is 1. The molecule has 4 rings (SSSR count). The zero-order valence-corrected chi connectivity index (χ0v) is 21.2. The van der Waals surface area contributed by atoms with Gasteiger partial charge in [-0.25, -0.2) is 14.4 Å². The molecule has 0 spiro atoms. The molecule has 1 aliphatic heterocycles. The second kappa shape index (κ2) is 11.7. The van der Waals surface area contributed by atoms with E-state index in [4.69, 9.17) is 9.52 Å². The summed E-state index contributed by atoms with van der Waals surface area (Å²) in [7, 11) is 0. The molecule has 0 saturated carbocycles. The average molecular weight is 526 g/mol. The van der Waals surface area contributed by atoms with E-state index in [2.05, 4.69) is 21.7 Å². The summed E-state index contributed by atoms with van der Waals surface area (Å²) in [6.07, 6.45) is 2.72. The Hall–Kier alpha value is -3.56. The van der Waals surface area contributed by atoms with Crippen LogP contribution in [0.2, 0.25) is 0 Å². The molecule has 1 aliphatic rings.